The highest BCUT2D eigenvalue weighted by atomic mass is 35.5. The molecule has 0 bridgehead atoms. The smallest absolute Gasteiger partial charge is 0.227 e. The molecule has 0 saturated carbocycles. The normalized spacial score (nSPS) is 11.4. The number of nitrogens with zero attached hydrogens (tertiary/aromatic N) is 1. The third-order valence-corrected chi connectivity index (χ3v) is 6.92. The van der Waals surface area contributed by atoms with Crippen molar-refractivity contribution in [2.24, 2.45) is 0 Å². The number of aromatic nitrogens is 1. The van der Waals surface area contributed by atoms with Crippen LogP contribution in [0.1, 0.15) is 17.5 Å². The summed E-state index contributed by atoms with van der Waals surface area (Å²) in [7, 11) is -3.55. The molecule has 28 heavy (non-hydrogen) atoms. The lowest BCUT2D eigenvalue weighted by atomic mass is 10.0. The van der Waals surface area contributed by atoms with Gasteiger partial charge in [0, 0.05) is 22.4 Å². The van der Waals surface area contributed by atoms with Crippen molar-refractivity contribution in [3.8, 4) is 11.3 Å². The molecule has 3 rings (SSSR count). The first-order valence-corrected chi connectivity index (χ1v) is 11.5. The Kier molecular flexibility index (Phi) is 6.17. The first-order valence-electron chi connectivity index (χ1n) is 8.56. The third kappa shape index (κ3) is 4.98. The average Bonchev–Trinajstić information content (AvgIpc) is 3.08. The number of carbonyl (C=O) groups excluding carboxylic acids is 1. The summed E-state index contributed by atoms with van der Waals surface area (Å²) in [6, 6.07) is 12.0. The van der Waals surface area contributed by atoms with E-state index in [9.17, 15) is 13.2 Å². The molecule has 0 fully saturated rings. The zero-order chi connectivity index (χ0) is 20.3. The van der Waals surface area contributed by atoms with Crippen LogP contribution in [0, 0.1) is 13.8 Å². The van der Waals surface area contributed by atoms with Crippen molar-refractivity contribution >= 4 is 43.8 Å². The summed E-state index contributed by atoms with van der Waals surface area (Å²) in [5.74, 6) is -0.672. The molecule has 1 amide bonds. The van der Waals surface area contributed by atoms with Crippen molar-refractivity contribution in [3.05, 3.63) is 64.0 Å². The lowest BCUT2D eigenvalue weighted by Gasteiger charge is -2.05. The molecule has 0 unspecified atom stereocenters. The lowest BCUT2D eigenvalue weighted by Crippen LogP contribution is -2.17. The van der Waals surface area contributed by atoms with Crippen LogP contribution in [0.25, 0.3) is 11.3 Å². The van der Waals surface area contributed by atoms with E-state index in [0.29, 0.717) is 10.2 Å². The Balaban J connectivity index is 1.62. The Morgan fingerprint density at radius 3 is 2.54 bits per heavy atom. The van der Waals surface area contributed by atoms with Gasteiger partial charge in [-0.05, 0) is 43.7 Å². The summed E-state index contributed by atoms with van der Waals surface area (Å²) in [5.41, 5.74) is 4.07. The number of benzene rings is 2. The van der Waals surface area contributed by atoms with Crippen molar-refractivity contribution in [2.75, 3.05) is 11.1 Å². The number of hydrogen-bond donors (Lipinski definition) is 1. The lowest BCUT2D eigenvalue weighted by molar-refractivity contribution is -0.115. The third-order valence-electron chi connectivity index (χ3n) is 4.18. The Labute approximate surface area is 173 Å². The number of amides is 1. The monoisotopic (exact) mass is 434 g/mol. The fraction of sp³-hybridized carbons (Fsp3) is 0.200. The zero-order valence-corrected chi connectivity index (χ0v) is 17.8. The van der Waals surface area contributed by atoms with Gasteiger partial charge in [0.05, 0.1) is 16.3 Å². The molecule has 8 heteroatoms. The summed E-state index contributed by atoms with van der Waals surface area (Å²) in [5, 5.41) is 5.46. The van der Waals surface area contributed by atoms with Crippen LogP contribution < -0.4 is 5.32 Å². The Hall–Kier alpha value is -2.22. The molecule has 0 radical (unpaired) electrons. The maximum Gasteiger partial charge on any atom is 0.227 e. The van der Waals surface area contributed by atoms with Crippen molar-refractivity contribution in [1.82, 2.24) is 4.98 Å². The van der Waals surface area contributed by atoms with Crippen LogP contribution in [-0.4, -0.2) is 25.1 Å². The molecule has 1 aromatic heterocycles. The molecule has 3 aromatic rings. The highest BCUT2D eigenvalue weighted by Crippen LogP contribution is 2.28. The van der Waals surface area contributed by atoms with Gasteiger partial charge in [-0.1, -0.05) is 35.4 Å². The second-order valence-corrected chi connectivity index (χ2v) is 9.83. The molecule has 0 aliphatic rings. The number of hydrogen-bond acceptors (Lipinski definition) is 5. The van der Waals surface area contributed by atoms with Gasteiger partial charge in [0.15, 0.2) is 15.0 Å². The van der Waals surface area contributed by atoms with Crippen LogP contribution in [0.4, 0.5) is 5.13 Å². The van der Waals surface area contributed by atoms with Crippen molar-refractivity contribution in [2.45, 2.75) is 25.2 Å². The van der Waals surface area contributed by atoms with Crippen LogP contribution in [0.5, 0.6) is 0 Å². The molecular formula is C20H19ClN2O3S2. The Morgan fingerprint density at radius 2 is 1.86 bits per heavy atom. The Bertz CT molecular complexity index is 1110. The molecular weight excluding hydrogens is 416 g/mol. The maximum absolute atomic E-state index is 12.3. The standard InChI is InChI=1S/C20H19ClN2O3S2/c1-13-3-8-17(14(2)11-13)18-12-27-20(22-18)23-19(24)9-10-28(25,26)16-6-4-15(21)5-7-16/h3-8,11-12H,9-10H2,1-2H3,(H,22,23,24). The number of sulfone groups is 1. The van der Waals surface area contributed by atoms with Crippen LogP contribution in [0.3, 0.4) is 0 Å². The first-order chi connectivity index (χ1) is 13.2. The SMILES string of the molecule is Cc1ccc(-c2csc(NC(=O)CCS(=O)(=O)c3ccc(Cl)cc3)n2)c(C)c1. The fourth-order valence-corrected chi connectivity index (χ4v) is 4.82. The minimum absolute atomic E-state index is 0.149. The van der Waals surface area contributed by atoms with E-state index in [-0.39, 0.29) is 23.0 Å². The number of carbonyl (C=O) groups is 1. The van der Waals surface area contributed by atoms with Gasteiger partial charge in [-0.25, -0.2) is 13.4 Å². The molecule has 0 saturated heterocycles. The molecule has 0 atom stereocenters. The van der Waals surface area contributed by atoms with Crippen molar-refractivity contribution in [3.63, 3.8) is 0 Å². The molecule has 0 aliphatic heterocycles. The molecule has 146 valence electrons. The van der Waals surface area contributed by atoms with Gasteiger partial charge in [0.2, 0.25) is 5.91 Å². The van der Waals surface area contributed by atoms with Crippen LogP contribution in [-0.2, 0) is 14.6 Å². The minimum Gasteiger partial charge on any atom is -0.302 e. The molecule has 0 aliphatic carbocycles. The fourth-order valence-electron chi connectivity index (χ4n) is 2.72. The van der Waals surface area contributed by atoms with Gasteiger partial charge in [0.1, 0.15) is 0 Å². The largest absolute Gasteiger partial charge is 0.302 e. The summed E-state index contributed by atoms with van der Waals surface area (Å²) in [4.78, 5) is 16.8. The zero-order valence-electron chi connectivity index (χ0n) is 15.4. The maximum atomic E-state index is 12.3. The number of aryl methyl sites for hydroxylation is 2. The van der Waals surface area contributed by atoms with E-state index in [1.165, 1.54) is 41.2 Å². The predicted octanol–water partition coefficient (Wildman–Crippen LogP) is 4.88. The minimum atomic E-state index is -3.55. The van der Waals surface area contributed by atoms with Crippen LogP contribution >= 0.6 is 22.9 Å². The summed E-state index contributed by atoms with van der Waals surface area (Å²) < 4.78 is 24.6. The average molecular weight is 435 g/mol. The number of halogens is 1. The summed E-state index contributed by atoms with van der Waals surface area (Å²) in [6.07, 6.45) is -0.149. The van der Waals surface area contributed by atoms with E-state index >= 15 is 0 Å². The molecule has 0 spiro atoms. The second kappa shape index (κ2) is 8.43. The molecule has 1 heterocycles. The predicted molar refractivity (Wildman–Crippen MR) is 114 cm³/mol. The number of rotatable bonds is 6. The van der Waals surface area contributed by atoms with Gasteiger partial charge in [-0.2, -0.15) is 0 Å². The molecule has 1 N–H and O–H groups in total. The van der Waals surface area contributed by atoms with Gasteiger partial charge in [0.25, 0.3) is 0 Å². The summed E-state index contributed by atoms with van der Waals surface area (Å²) >= 11 is 7.09. The van der Waals surface area contributed by atoms with Crippen LogP contribution in [0.2, 0.25) is 5.02 Å². The van der Waals surface area contributed by atoms with E-state index in [1.807, 2.05) is 31.4 Å². The number of nitrogens with one attached hydrogen (secondary N) is 1. The first kappa shape index (κ1) is 20.5. The highest BCUT2D eigenvalue weighted by molar-refractivity contribution is 7.91. The van der Waals surface area contributed by atoms with Gasteiger partial charge < -0.3 is 5.32 Å². The van der Waals surface area contributed by atoms with E-state index in [4.69, 9.17) is 11.6 Å². The molecule has 2 aromatic carbocycles. The summed E-state index contributed by atoms with van der Waals surface area (Å²) in [6.45, 7) is 4.04. The van der Waals surface area contributed by atoms with E-state index in [0.717, 1.165) is 16.8 Å². The Morgan fingerprint density at radius 1 is 1.14 bits per heavy atom. The molecule has 5 nitrogen and oxygen atoms in total. The second-order valence-electron chi connectivity index (χ2n) is 6.43. The van der Waals surface area contributed by atoms with Gasteiger partial charge >= 0.3 is 0 Å². The van der Waals surface area contributed by atoms with Gasteiger partial charge in [-0.15, -0.1) is 11.3 Å². The highest BCUT2D eigenvalue weighted by Gasteiger charge is 2.17. The van der Waals surface area contributed by atoms with E-state index in [1.54, 1.807) is 0 Å². The van der Waals surface area contributed by atoms with Gasteiger partial charge in [-0.3, -0.25) is 4.79 Å². The quantitative estimate of drug-likeness (QED) is 0.599. The number of anilines is 1. The topological polar surface area (TPSA) is 76.1 Å². The van der Waals surface area contributed by atoms with Crippen molar-refractivity contribution < 1.29 is 13.2 Å². The van der Waals surface area contributed by atoms with Crippen LogP contribution in [0.15, 0.2) is 52.7 Å². The van der Waals surface area contributed by atoms with E-state index < -0.39 is 9.84 Å². The number of thiazole rings is 1. The van der Waals surface area contributed by atoms with Crippen molar-refractivity contribution in [1.29, 1.82) is 0 Å². The van der Waals surface area contributed by atoms with E-state index in [2.05, 4.69) is 16.4 Å².